The Morgan fingerprint density at radius 2 is 1.94 bits per heavy atom. The van der Waals surface area contributed by atoms with Gasteiger partial charge in [0.25, 0.3) is 0 Å². The summed E-state index contributed by atoms with van der Waals surface area (Å²) in [6.07, 6.45) is 6.17. The van der Waals surface area contributed by atoms with E-state index in [2.05, 4.69) is 5.32 Å². The highest BCUT2D eigenvalue weighted by atomic mass is 19.1. The van der Waals surface area contributed by atoms with Gasteiger partial charge in [0.05, 0.1) is 0 Å². The largest absolute Gasteiger partial charge is 0.490 e. The van der Waals surface area contributed by atoms with Gasteiger partial charge in [-0.1, -0.05) is 12.5 Å². The number of piperidine rings is 2. The van der Waals surface area contributed by atoms with Crippen LogP contribution in [-0.2, 0) is 0 Å². The van der Waals surface area contributed by atoms with Gasteiger partial charge in [0.15, 0.2) is 0 Å². The summed E-state index contributed by atoms with van der Waals surface area (Å²) in [7, 11) is 0. The average molecular weight is 235 g/mol. The molecule has 2 saturated heterocycles. The van der Waals surface area contributed by atoms with E-state index in [0.717, 1.165) is 12.8 Å². The average Bonchev–Trinajstić information content (AvgIpc) is 2.28. The fourth-order valence-electron chi connectivity index (χ4n) is 3.04. The maximum absolute atomic E-state index is 13.1. The Balaban J connectivity index is 1.65. The molecule has 3 atom stereocenters. The van der Waals surface area contributed by atoms with Gasteiger partial charge >= 0.3 is 0 Å². The van der Waals surface area contributed by atoms with Gasteiger partial charge in [-0.3, -0.25) is 0 Å². The Labute approximate surface area is 101 Å². The Hall–Kier alpha value is -1.09. The molecule has 2 nitrogen and oxygen atoms in total. The fraction of sp³-hybridized carbons (Fsp3) is 0.571. The van der Waals surface area contributed by atoms with Crippen LogP contribution in [0.2, 0.25) is 0 Å². The molecular formula is C14H18FNO. The molecule has 3 rings (SSSR count). The van der Waals surface area contributed by atoms with Crippen molar-refractivity contribution in [3.05, 3.63) is 30.1 Å². The third-order valence-corrected chi connectivity index (χ3v) is 3.77. The maximum Gasteiger partial charge on any atom is 0.126 e. The second-order valence-electron chi connectivity index (χ2n) is 5.16. The zero-order valence-electron chi connectivity index (χ0n) is 9.86. The predicted octanol–water partition coefficient (Wildman–Crippen LogP) is 2.88. The van der Waals surface area contributed by atoms with Crippen LogP contribution in [0.5, 0.6) is 5.75 Å². The van der Waals surface area contributed by atoms with Crippen LogP contribution in [0.15, 0.2) is 24.3 Å². The van der Waals surface area contributed by atoms with Gasteiger partial charge < -0.3 is 10.1 Å². The minimum absolute atomic E-state index is 0.225. The predicted molar refractivity (Wildman–Crippen MR) is 64.6 cm³/mol. The monoisotopic (exact) mass is 235 g/mol. The van der Waals surface area contributed by atoms with Gasteiger partial charge in [0, 0.05) is 18.2 Å². The molecule has 0 aromatic heterocycles. The summed E-state index contributed by atoms with van der Waals surface area (Å²) in [6, 6.07) is 7.65. The van der Waals surface area contributed by atoms with Gasteiger partial charge in [-0.2, -0.15) is 0 Å². The summed E-state index contributed by atoms with van der Waals surface area (Å²) in [5, 5.41) is 3.63. The van der Waals surface area contributed by atoms with Crippen molar-refractivity contribution in [3.8, 4) is 5.75 Å². The number of benzene rings is 1. The molecule has 1 N–H and O–H groups in total. The van der Waals surface area contributed by atoms with Gasteiger partial charge in [-0.05, 0) is 37.8 Å². The lowest BCUT2D eigenvalue weighted by molar-refractivity contribution is 0.0925. The number of ether oxygens (including phenoxy) is 1. The summed E-state index contributed by atoms with van der Waals surface area (Å²) < 4.78 is 19.0. The summed E-state index contributed by atoms with van der Waals surface area (Å²) in [6.45, 7) is 0. The first-order valence-electron chi connectivity index (χ1n) is 6.48. The molecular weight excluding hydrogens is 217 g/mol. The van der Waals surface area contributed by atoms with Gasteiger partial charge in [-0.25, -0.2) is 4.39 Å². The Kier molecular flexibility index (Phi) is 3.02. The molecule has 1 aromatic rings. The molecule has 2 aliphatic rings. The molecule has 92 valence electrons. The first kappa shape index (κ1) is 11.0. The third-order valence-electron chi connectivity index (χ3n) is 3.77. The van der Waals surface area contributed by atoms with Crippen LogP contribution >= 0.6 is 0 Å². The van der Waals surface area contributed by atoms with Crippen LogP contribution < -0.4 is 10.1 Å². The van der Waals surface area contributed by atoms with E-state index in [9.17, 15) is 4.39 Å². The van der Waals surface area contributed by atoms with E-state index in [1.807, 2.05) is 6.07 Å². The molecule has 0 saturated carbocycles. The molecule has 0 spiro atoms. The Morgan fingerprint density at radius 1 is 1.18 bits per heavy atom. The molecule has 17 heavy (non-hydrogen) atoms. The topological polar surface area (TPSA) is 21.3 Å². The summed E-state index contributed by atoms with van der Waals surface area (Å²) in [5.74, 6) is 0.437. The second kappa shape index (κ2) is 4.65. The van der Waals surface area contributed by atoms with E-state index in [1.54, 1.807) is 6.07 Å². The zero-order chi connectivity index (χ0) is 11.7. The first-order valence-corrected chi connectivity index (χ1v) is 6.48. The Bertz CT molecular complexity index is 384. The highest BCUT2D eigenvalue weighted by Crippen LogP contribution is 2.28. The van der Waals surface area contributed by atoms with E-state index in [4.69, 9.17) is 4.74 Å². The maximum atomic E-state index is 13.1. The molecule has 2 heterocycles. The van der Waals surface area contributed by atoms with E-state index >= 15 is 0 Å². The van der Waals surface area contributed by atoms with E-state index < -0.39 is 0 Å². The fourth-order valence-corrected chi connectivity index (χ4v) is 3.04. The minimum atomic E-state index is -0.225. The number of fused-ring (bicyclic) bond motifs is 2. The summed E-state index contributed by atoms with van der Waals surface area (Å²) in [5.41, 5.74) is 0. The van der Waals surface area contributed by atoms with E-state index in [1.165, 1.54) is 31.4 Å². The van der Waals surface area contributed by atoms with Crippen molar-refractivity contribution >= 4 is 0 Å². The lowest BCUT2D eigenvalue weighted by atomic mass is 9.85. The van der Waals surface area contributed by atoms with Crippen molar-refractivity contribution in [1.82, 2.24) is 5.32 Å². The molecule has 0 unspecified atom stereocenters. The van der Waals surface area contributed by atoms with Crippen molar-refractivity contribution in [2.75, 3.05) is 0 Å². The first-order chi connectivity index (χ1) is 8.29. The van der Waals surface area contributed by atoms with Crippen molar-refractivity contribution in [3.63, 3.8) is 0 Å². The number of nitrogens with one attached hydrogen (secondary N) is 1. The normalized spacial score (nSPS) is 32.2. The van der Waals surface area contributed by atoms with Crippen LogP contribution in [-0.4, -0.2) is 18.2 Å². The molecule has 1 aromatic carbocycles. The number of hydrogen-bond donors (Lipinski definition) is 1. The second-order valence-corrected chi connectivity index (χ2v) is 5.16. The van der Waals surface area contributed by atoms with Gasteiger partial charge in [-0.15, -0.1) is 0 Å². The molecule has 0 radical (unpaired) electrons. The van der Waals surface area contributed by atoms with Crippen LogP contribution in [0, 0.1) is 5.82 Å². The number of hydrogen-bond acceptors (Lipinski definition) is 2. The quantitative estimate of drug-likeness (QED) is 0.851. The highest BCUT2D eigenvalue weighted by Gasteiger charge is 2.32. The lowest BCUT2D eigenvalue weighted by Crippen LogP contribution is -2.51. The number of halogens is 1. The van der Waals surface area contributed by atoms with Crippen LogP contribution in [0.4, 0.5) is 4.39 Å². The highest BCUT2D eigenvalue weighted by molar-refractivity contribution is 5.22. The van der Waals surface area contributed by atoms with Gasteiger partial charge in [0.1, 0.15) is 17.7 Å². The zero-order valence-corrected chi connectivity index (χ0v) is 9.86. The molecule has 2 aliphatic heterocycles. The molecule has 0 aliphatic carbocycles. The van der Waals surface area contributed by atoms with Crippen molar-refractivity contribution in [2.45, 2.75) is 50.3 Å². The van der Waals surface area contributed by atoms with Crippen LogP contribution in [0.3, 0.4) is 0 Å². The SMILES string of the molecule is Fc1cccc(O[C@@H]2C[C@H]3CCC[C@@H](C2)N3)c1. The summed E-state index contributed by atoms with van der Waals surface area (Å²) >= 11 is 0. The van der Waals surface area contributed by atoms with Crippen LogP contribution in [0.1, 0.15) is 32.1 Å². The Morgan fingerprint density at radius 3 is 2.65 bits per heavy atom. The third kappa shape index (κ3) is 2.60. The molecule has 3 heteroatoms. The standard InChI is InChI=1S/C14H18FNO/c15-10-3-1-6-13(7-10)17-14-8-11-4-2-5-12(9-14)16-11/h1,3,6-7,11-12,14,16H,2,4-5,8-9H2/t11-,12+,14-. The molecule has 2 bridgehead atoms. The number of rotatable bonds is 2. The van der Waals surface area contributed by atoms with Crippen molar-refractivity contribution < 1.29 is 9.13 Å². The smallest absolute Gasteiger partial charge is 0.126 e. The minimum Gasteiger partial charge on any atom is -0.490 e. The van der Waals surface area contributed by atoms with E-state index in [-0.39, 0.29) is 11.9 Å². The molecule has 0 amide bonds. The van der Waals surface area contributed by atoms with Crippen molar-refractivity contribution in [1.29, 1.82) is 0 Å². The summed E-state index contributed by atoms with van der Waals surface area (Å²) in [4.78, 5) is 0. The van der Waals surface area contributed by atoms with Crippen LogP contribution in [0.25, 0.3) is 0 Å². The molecule has 2 fully saturated rings. The lowest BCUT2D eigenvalue weighted by Gasteiger charge is -2.40. The van der Waals surface area contributed by atoms with E-state index in [0.29, 0.717) is 17.8 Å². The van der Waals surface area contributed by atoms with Gasteiger partial charge in [0.2, 0.25) is 0 Å². The van der Waals surface area contributed by atoms with Crippen molar-refractivity contribution in [2.24, 2.45) is 0 Å².